The lowest BCUT2D eigenvalue weighted by molar-refractivity contribution is 0.285. The van der Waals surface area contributed by atoms with E-state index in [1.54, 1.807) is 6.07 Å². The molecule has 0 atom stereocenters. The molecule has 2 aromatic rings. The van der Waals surface area contributed by atoms with Gasteiger partial charge in [-0.2, -0.15) is 17.0 Å². The van der Waals surface area contributed by atoms with Gasteiger partial charge in [0.1, 0.15) is 0 Å². The molecule has 32 heavy (non-hydrogen) atoms. The highest BCUT2D eigenvalue weighted by atomic mass is 32.1. The maximum absolute atomic E-state index is 13.6. The largest absolute Gasteiger partial charge is 0.314 e. The molecule has 0 spiro atoms. The van der Waals surface area contributed by atoms with Crippen molar-refractivity contribution >= 4 is 18.2 Å². The molecule has 0 bridgehead atoms. The van der Waals surface area contributed by atoms with Crippen LogP contribution in [0.15, 0.2) is 47.9 Å². The van der Waals surface area contributed by atoms with Gasteiger partial charge in [-0.25, -0.2) is 4.98 Å². The summed E-state index contributed by atoms with van der Waals surface area (Å²) in [5.74, 6) is -0.417. The molecule has 1 aromatic heterocycles. The highest BCUT2D eigenvalue weighted by Crippen LogP contribution is 2.22. The maximum atomic E-state index is 13.6. The van der Waals surface area contributed by atoms with Crippen LogP contribution in [-0.2, 0) is 6.54 Å². The van der Waals surface area contributed by atoms with E-state index in [1.807, 2.05) is 11.5 Å². The lowest BCUT2D eigenvalue weighted by atomic mass is 9.95. The number of thiol groups is 1. The second kappa shape index (κ2) is 13.8. The first-order valence-electron chi connectivity index (χ1n) is 12.1. The van der Waals surface area contributed by atoms with Crippen LogP contribution in [0.2, 0.25) is 0 Å². The molecule has 1 saturated carbocycles. The van der Waals surface area contributed by atoms with Gasteiger partial charge in [0, 0.05) is 19.1 Å². The number of unbranched alkanes of at least 4 members (excludes halogenated alkanes) is 2. The van der Waals surface area contributed by atoms with Crippen molar-refractivity contribution in [3.63, 3.8) is 0 Å². The number of hydrogen-bond acceptors (Lipinski definition) is 4. The minimum atomic E-state index is -0.417. The van der Waals surface area contributed by atoms with Crippen molar-refractivity contribution < 1.29 is 4.39 Å². The fourth-order valence-corrected chi connectivity index (χ4v) is 4.82. The number of benzene rings is 1. The molecule has 0 unspecified atom stereocenters. The van der Waals surface area contributed by atoms with Gasteiger partial charge in [0.05, 0.1) is 5.69 Å². The van der Waals surface area contributed by atoms with E-state index in [2.05, 4.69) is 59.0 Å². The monoisotopic (exact) mass is 455 g/mol. The Bertz CT molecular complexity index is 848. The molecule has 1 fully saturated rings. The maximum Gasteiger partial charge on any atom is 0.213 e. The van der Waals surface area contributed by atoms with Crippen molar-refractivity contribution in [3.05, 3.63) is 70.6 Å². The first kappa shape index (κ1) is 24.9. The highest BCUT2D eigenvalue weighted by molar-refractivity contribution is 7.83. The summed E-state index contributed by atoms with van der Waals surface area (Å²) in [6.45, 7) is 5.60. The molecule has 1 N–H and O–H groups in total. The smallest absolute Gasteiger partial charge is 0.213 e. The van der Waals surface area contributed by atoms with E-state index in [1.165, 1.54) is 67.7 Å². The highest BCUT2D eigenvalue weighted by Gasteiger charge is 2.14. The van der Waals surface area contributed by atoms with Gasteiger partial charge in [-0.3, -0.25) is 4.90 Å². The predicted molar refractivity (Wildman–Crippen MR) is 136 cm³/mol. The number of hydrogen-bond donors (Lipinski definition) is 2. The van der Waals surface area contributed by atoms with Crippen LogP contribution in [0.1, 0.15) is 68.2 Å². The van der Waals surface area contributed by atoms with Crippen molar-refractivity contribution in [2.75, 3.05) is 19.6 Å². The third-order valence-corrected chi connectivity index (χ3v) is 6.70. The van der Waals surface area contributed by atoms with E-state index in [0.717, 1.165) is 37.8 Å². The van der Waals surface area contributed by atoms with E-state index < -0.39 is 5.95 Å². The Morgan fingerprint density at radius 1 is 1.09 bits per heavy atom. The molecule has 1 aliphatic rings. The standard InChI is InChI=1S/C27H38FN3S/c1-22-11-6-7-15-26(22)23(21-32)19-31(20-25-14-10-16-27(28)30-25)18-9-3-8-17-29-24-12-4-2-5-13-24/h6-7,10-11,14-16,21,24,29,32H,2-5,8-9,12-13,17-20H2,1H3/b23-21-. The van der Waals surface area contributed by atoms with Crippen LogP contribution in [0.3, 0.4) is 0 Å². The first-order chi connectivity index (χ1) is 15.7. The van der Waals surface area contributed by atoms with Crippen molar-refractivity contribution in [2.45, 2.75) is 70.9 Å². The van der Waals surface area contributed by atoms with Gasteiger partial charge in [-0.1, -0.05) is 56.0 Å². The van der Waals surface area contributed by atoms with Crippen LogP contribution in [-0.4, -0.2) is 35.6 Å². The molecule has 3 nitrogen and oxygen atoms in total. The molecule has 0 radical (unpaired) electrons. The SMILES string of the molecule is Cc1ccccc1/C(=C\S)CN(CCCCCNC1CCCCC1)Cc1cccc(F)n1. The Morgan fingerprint density at radius 3 is 2.66 bits per heavy atom. The van der Waals surface area contributed by atoms with E-state index in [0.29, 0.717) is 6.54 Å². The average molecular weight is 456 g/mol. The second-order valence-electron chi connectivity index (χ2n) is 8.98. The lowest BCUT2D eigenvalue weighted by Crippen LogP contribution is -2.31. The second-order valence-corrected chi connectivity index (χ2v) is 9.24. The summed E-state index contributed by atoms with van der Waals surface area (Å²) >= 11 is 4.51. The normalized spacial score (nSPS) is 15.4. The summed E-state index contributed by atoms with van der Waals surface area (Å²) in [6, 6.07) is 14.2. The van der Waals surface area contributed by atoms with Crippen LogP contribution < -0.4 is 5.32 Å². The van der Waals surface area contributed by atoms with Crippen LogP contribution >= 0.6 is 12.6 Å². The third kappa shape index (κ3) is 8.34. The van der Waals surface area contributed by atoms with Gasteiger partial charge >= 0.3 is 0 Å². The molecular weight excluding hydrogens is 417 g/mol. The summed E-state index contributed by atoms with van der Waals surface area (Å²) < 4.78 is 13.6. The number of pyridine rings is 1. The molecule has 5 heteroatoms. The summed E-state index contributed by atoms with van der Waals surface area (Å²) in [6.07, 6.45) is 10.4. The topological polar surface area (TPSA) is 28.2 Å². The number of nitrogens with zero attached hydrogens (tertiary/aromatic N) is 2. The molecule has 1 aliphatic carbocycles. The van der Waals surface area contributed by atoms with Crippen LogP contribution in [0.5, 0.6) is 0 Å². The van der Waals surface area contributed by atoms with Gasteiger partial charge in [-0.05, 0) is 79.9 Å². The number of nitrogens with one attached hydrogen (secondary N) is 1. The van der Waals surface area contributed by atoms with Gasteiger partial charge < -0.3 is 5.32 Å². The van der Waals surface area contributed by atoms with Gasteiger partial charge in [-0.15, -0.1) is 0 Å². The van der Waals surface area contributed by atoms with Crippen LogP contribution in [0.4, 0.5) is 4.39 Å². The zero-order valence-corrected chi connectivity index (χ0v) is 20.3. The number of halogens is 1. The third-order valence-electron chi connectivity index (χ3n) is 6.39. The van der Waals surface area contributed by atoms with Crippen molar-refractivity contribution in [3.8, 4) is 0 Å². The lowest BCUT2D eigenvalue weighted by Gasteiger charge is -2.25. The summed E-state index contributed by atoms with van der Waals surface area (Å²) in [5, 5.41) is 5.65. The minimum absolute atomic E-state index is 0.417. The van der Waals surface area contributed by atoms with Crippen molar-refractivity contribution in [1.82, 2.24) is 15.2 Å². The van der Waals surface area contributed by atoms with E-state index in [-0.39, 0.29) is 0 Å². The van der Waals surface area contributed by atoms with Crippen molar-refractivity contribution in [1.29, 1.82) is 0 Å². The van der Waals surface area contributed by atoms with Gasteiger partial charge in [0.15, 0.2) is 0 Å². The summed E-state index contributed by atoms with van der Waals surface area (Å²) in [7, 11) is 0. The molecule has 0 aliphatic heterocycles. The number of aryl methyl sites for hydroxylation is 1. The molecular formula is C27H38FN3S. The van der Waals surface area contributed by atoms with E-state index >= 15 is 0 Å². The van der Waals surface area contributed by atoms with Crippen LogP contribution in [0.25, 0.3) is 5.57 Å². The Morgan fingerprint density at radius 2 is 1.91 bits per heavy atom. The minimum Gasteiger partial charge on any atom is -0.314 e. The van der Waals surface area contributed by atoms with E-state index in [9.17, 15) is 4.39 Å². The van der Waals surface area contributed by atoms with Gasteiger partial charge in [0.2, 0.25) is 5.95 Å². The molecule has 3 rings (SSSR count). The van der Waals surface area contributed by atoms with Crippen LogP contribution in [0, 0.1) is 12.9 Å². The van der Waals surface area contributed by atoms with Crippen molar-refractivity contribution in [2.24, 2.45) is 0 Å². The quantitative estimate of drug-likeness (QED) is 0.220. The Hall–Kier alpha value is -1.69. The Labute approximate surface area is 198 Å². The summed E-state index contributed by atoms with van der Waals surface area (Å²) in [5.41, 5.74) is 4.41. The fraction of sp³-hybridized carbons (Fsp3) is 0.519. The molecule has 174 valence electrons. The number of rotatable bonds is 12. The summed E-state index contributed by atoms with van der Waals surface area (Å²) in [4.78, 5) is 6.45. The molecule has 1 aromatic carbocycles. The predicted octanol–water partition coefficient (Wildman–Crippen LogP) is 6.39. The zero-order valence-electron chi connectivity index (χ0n) is 19.4. The molecule has 0 saturated heterocycles. The Kier molecular flexibility index (Phi) is 10.7. The first-order valence-corrected chi connectivity index (χ1v) is 12.6. The van der Waals surface area contributed by atoms with E-state index in [4.69, 9.17) is 0 Å². The van der Waals surface area contributed by atoms with Gasteiger partial charge in [0.25, 0.3) is 0 Å². The zero-order chi connectivity index (χ0) is 22.6. The molecule has 0 amide bonds. The Balaban J connectivity index is 1.53. The fourth-order valence-electron chi connectivity index (χ4n) is 4.60. The molecule has 1 heterocycles. The average Bonchev–Trinajstić information content (AvgIpc) is 2.80. The number of aromatic nitrogens is 1.